The van der Waals surface area contributed by atoms with Gasteiger partial charge in [-0.1, -0.05) is 0 Å². The SMILES string of the molecule is Cc1cc(C(=O)N[C@@H]2CCCNC2)nn1C.Cl. The van der Waals surface area contributed by atoms with Crippen molar-refractivity contribution in [2.75, 3.05) is 13.1 Å². The molecule has 2 N–H and O–H groups in total. The van der Waals surface area contributed by atoms with Crippen molar-refractivity contribution in [2.24, 2.45) is 7.05 Å². The van der Waals surface area contributed by atoms with Crippen LogP contribution in [-0.2, 0) is 7.05 Å². The van der Waals surface area contributed by atoms with Gasteiger partial charge in [-0.15, -0.1) is 12.4 Å². The zero-order chi connectivity index (χ0) is 11.5. The number of rotatable bonds is 2. The summed E-state index contributed by atoms with van der Waals surface area (Å²) < 4.78 is 1.72. The van der Waals surface area contributed by atoms with Gasteiger partial charge in [0.05, 0.1) is 0 Å². The maximum Gasteiger partial charge on any atom is 0.272 e. The molecule has 6 heteroatoms. The molecule has 0 saturated carbocycles. The summed E-state index contributed by atoms with van der Waals surface area (Å²) in [5, 5.41) is 10.4. The van der Waals surface area contributed by atoms with Crippen LogP contribution in [0.3, 0.4) is 0 Å². The highest BCUT2D eigenvalue weighted by Crippen LogP contribution is 2.05. The summed E-state index contributed by atoms with van der Waals surface area (Å²) in [6.07, 6.45) is 2.16. The Balaban J connectivity index is 0.00000144. The normalized spacial score (nSPS) is 19.5. The quantitative estimate of drug-likeness (QED) is 0.818. The molecule has 0 radical (unpaired) electrons. The number of amides is 1. The van der Waals surface area contributed by atoms with Crippen LogP contribution in [0.15, 0.2) is 6.07 Å². The molecule has 0 aliphatic carbocycles. The standard InChI is InChI=1S/C11H18N4O.ClH/c1-8-6-10(14-15(8)2)11(16)13-9-4-3-5-12-7-9;/h6,9,12H,3-5,7H2,1-2H3,(H,13,16);1H/t9-;/m1./s1. The van der Waals surface area contributed by atoms with Crippen molar-refractivity contribution < 1.29 is 4.79 Å². The number of piperidine rings is 1. The maximum atomic E-state index is 11.9. The van der Waals surface area contributed by atoms with Crippen molar-refractivity contribution in [3.05, 3.63) is 17.5 Å². The highest BCUT2D eigenvalue weighted by molar-refractivity contribution is 5.92. The molecular formula is C11H19ClN4O. The first-order valence-electron chi connectivity index (χ1n) is 5.69. The van der Waals surface area contributed by atoms with Crippen LogP contribution in [0.2, 0.25) is 0 Å². The van der Waals surface area contributed by atoms with Gasteiger partial charge in [0, 0.05) is 25.3 Å². The number of carbonyl (C=O) groups is 1. The number of aromatic nitrogens is 2. The van der Waals surface area contributed by atoms with Crippen LogP contribution in [-0.4, -0.2) is 34.8 Å². The largest absolute Gasteiger partial charge is 0.347 e. The Morgan fingerprint density at radius 1 is 1.65 bits per heavy atom. The summed E-state index contributed by atoms with van der Waals surface area (Å²) in [6, 6.07) is 2.05. The molecule has 1 saturated heterocycles. The van der Waals surface area contributed by atoms with Crippen molar-refractivity contribution in [3.63, 3.8) is 0 Å². The minimum atomic E-state index is -0.0719. The van der Waals surface area contributed by atoms with E-state index in [0.29, 0.717) is 5.69 Å². The van der Waals surface area contributed by atoms with E-state index < -0.39 is 0 Å². The van der Waals surface area contributed by atoms with Crippen molar-refractivity contribution in [1.82, 2.24) is 20.4 Å². The van der Waals surface area contributed by atoms with Crippen LogP contribution >= 0.6 is 12.4 Å². The molecule has 1 aliphatic heterocycles. The Morgan fingerprint density at radius 3 is 2.94 bits per heavy atom. The second-order valence-electron chi connectivity index (χ2n) is 4.31. The fraction of sp³-hybridized carbons (Fsp3) is 0.636. The first-order valence-corrected chi connectivity index (χ1v) is 5.69. The maximum absolute atomic E-state index is 11.9. The van der Waals surface area contributed by atoms with E-state index in [0.717, 1.165) is 31.6 Å². The molecule has 1 aromatic rings. The zero-order valence-corrected chi connectivity index (χ0v) is 11.0. The van der Waals surface area contributed by atoms with Gasteiger partial charge in [-0.25, -0.2) is 0 Å². The highest BCUT2D eigenvalue weighted by Gasteiger charge is 2.18. The first-order chi connectivity index (χ1) is 7.66. The molecule has 2 rings (SSSR count). The molecule has 0 unspecified atom stereocenters. The lowest BCUT2D eigenvalue weighted by Gasteiger charge is -2.23. The molecule has 0 bridgehead atoms. The van der Waals surface area contributed by atoms with Crippen LogP contribution in [0, 0.1) is 6.92 Å². The van der Waals surface area contributed by atoms with Crippen LogP contribution in [0.5, 0.6) is 0 Å². The van der Waals surface area contributed by atoms with E-state index in [-0.39, 0.29) is 24.4 Å². The van der Waals surface area contributed by atoms with Gasteiger partial charge in [-0.2, -0.15) is 5.10 Å². The van der Waals surface area contributed by atoms with Gasteiger partial charge in [0.2, 0.25) is 0 Å². The average molecular weight is 259 g/mol. The monoisotopic (exact) mass is 258 g/mol. The number of hydrogen-bond acceptors (Lipinski definition) is 3. The lowest BCUT2D eigenvalue weighted by molar-refractivity contribution is 0.0925. The predicted octanol–water partition coefficient (Wildman–Crippen LogP) is 0.632. The Morgan fingerprint density at radius 2 is 2.41 bits per heavy atom. The number of aryl methyl sites for hydroxylation is 2. The summed E-state index contributed by atoms with van der Waals surface area (Å²) in [5.74, 6) is -0.0719. The van der Waals surface area contributed by atoms with Crippen LogP contribution in [0.4, 0.5) is 0 Å². The van der Waals surface area contributed by atoms with Gasteiger partial charge in [0.15, 0.2) is 0 Å². The van der Waals surface area contributed by atoms with Gasteiger partial charge < -0.3 is 10.6 Å². The minimum absolute atomic E-state index is 0. The Bertz CT molecular complexity index is 365. The third-order valence-corrected chi connectivity index (χ3v) is 2.98. The molecule has 1 atom stereocenters. The van der Waals surface area contributed by atoms with Crippen molar-refractivity contribution in [3.8, 4) is 0 Å². The Labute approximate surface area is 107 Å². The van der Waals surface area contributed by atoms with Gasteiger partial charge in [0.25, 0.3) is 5.91 Å². The molecule has 1 aliphatic rings. The van der Waals surface area contributed by atoms with E-state index in [1.807, 2.05) is 20.0 Å². The van der Waals surface area contributed by atoms with Gasteiger partial charge >= 0.3 is 0 Å². The van der Waals surface area contributed by atoms with Crippen molar-refractivity contribution in [2.45, 2.75) is 25.8 Å². The highest BCUT2D eigenvalue weighted by atomic mass is 35.5. The van der Waals surface area contributed by atoms with Crippen LogP contribution in [0.25, 0.3) is 0 Å². The number of nitrogens with one attached hydrogen (secondary N) is 2. The van der Waals surface area contributed by atoms with E-state index in [1.165, 1.54) is 0 Å². The first kappa shape index (κ1) is 14.0. The van der Waals surface area contributed by atoms with E-state index in [2.05, 4.69) is 15.7 Å². The number of hydrogen-bond donors (Lipinski definition) is 2. The van der Waals surface area contributed by atoms with Gasteiger partial charge in [-0.3, -0.25) is 9.48 Å². The number of nitrogens with zero attached hydrogens (tertiary/aromatic N) is 2. The van der Waals surface area contributed by atoms with Gasteiger partial charge in [0.1, 0.15) is 5.69 Å². The van der Waals surface area contributed by atoms with Crippen LogP contribution < -0.4 is 10.6 Å². The molecule has 96 valence electrons. The van der Waals surface area contributed by atoms with Crippen molar-refractivity contribution in [1.29, 1.82) is 0 Å². The summed E-state index contributed by atoms with van der Waals surface area (Å²) >= 11 is 0. The Hall–Kier alpha value is -1.07. The molecule has 1 amide bonds. The lowest BCUT2D eigenvalue weighted by Crippen LogP contribution is -2.45. The van der Waals surface area contributed by atoms with Crippen LogP contribution in [0.1, 0.15) is 29.0 Å². The smallest absolute Gasteiger partial charge is 0.272 e. The second-order valence-corrected chi connectivity index (χ2v) is 4.31. The third-order valence-electron chi connectivity index (χ3n) is 2.98. The van der Waals surface area contributed by atoms with E-state index in [9.17, 15) is 4.79 Å². The zero-order valence-electron chi connectivity index (χ0n) is 10.2. The molecule has 1 aromatic heterocycles. The molecule has 5 nitrogen and oxygen atoms in total. The topological polar surface area (TPSA) is 59.0 Å². The van der Waals surface area contributed by atoms with Gasteiger partial charge in [-0.05, 0) is 32.4 Å². The molecular weight excluding hydrogens is 240 g/mol. The summed E-state index contributed by atoms with van der Waals surface area (Å²) in [7, 11) is 1.84. The second kappa shape index (κ2) is 6.02. The predicted molar refractivity (Wildman–Crippen MR) is 68.6 cm³/mol. The Kier molecular flexibility index (Phi) is 4.96. The van der Waals surface area contributed by atoms with E-state index >= 15 is 0 Å². The van der Waals surface area contributed by atoms with E-state index in [1.54, 1.807) is 4.68 Å². The molecule has 2 heterocycles. The fourth-order valence-electron chi connectivity index (χ4n) is 1.91. The summed E-state index contributed by atoms with van der Waals surface area (Å²) in [4.78, 5) is 11.9. The number of halogens is 1. The molecule has 17 heavy (non-hydrogen) atoms. The lowest BCUT2D eigenvalue weighted by atomic mass is 10.1. The summed E-state index contributed by atoms with van der Waals surface area (Å²) in [5.41, 5.74) is 1.50. The third kappa shape index (κ3) is 3.44. The molecule has 0 spiro atoms. The summed E-state index contributed by atoms with van der Waals surface area (Å²) in [6.45, 7) is 3.85. The van der Waals surface area contributed by atoms with Crippen molar-refractivity contribution >= 4 is 18.3 Å². The van der Waals surface area contributed by atoms with E-state index in [4.69, 9.17) is 0 Å². The fourth-order valence-corrected chi connectivity index (χ4v) is 1.91. The number of carbonyl (C=O) groups excluding carboxylic acids is 1. The molecule has 1 fully saturated rings. The minimum Gasteiger partial charge on any atom is -0.347 e. The molecule has 0 aromatic carbocycles. The average Bonchev–Trinajstić information content (AvgIpc) is 2.61.